The van der Waals surface area contributed by atoms with Gasteiger partial charge in [0.05, 0.1) is 0 Å². The molecule has 2 amide bonds. The second-order valence-electron chi connectivity index (χ2n) is 3.88. The van der Waals surface area contributed by atoms with Crippen LogP contribution in [0.25, 0.3) is 0 Å². The SMILES string of the molecule is O=C(NCOc1ccc(Cl)cc1)Nc1ccc(Br)cc1. The number of nitrogens with one attached hydrogen (secondary N) is 2. The largest absolute Gasteiger partial charge is 0.473 e. The first kappa shape index (κ1) is 14.7. The zero-order valence-corrected chi connectivity index (χ0v) is 12.7. The minimum absolute atomic E-state index is 0.0734. The fraction of sp³-hybridized carbons (Fsp3) is 0.0714. The number of carbonyl (C=O) groups is 1. The summed E-state index contributed by atoms with van der Waals surface area (Å²) in [6, 6.07) is 13.9. The van der Waals surface area contributed by atoms with Crippen molar-refractivity contribution in [1.82, 2.24) is 5.32 Å². The molecule has 0 radical (unpaired) electrons. The molecule has 0 spiro atoms. The van der Waals surface area contributed by atoms with E-state index < -0.39 is 0 Å². The Kier molecular flexibility index (Phi) is 5.26. The first-order valence-electron chi connectivity index (χ1n) is 5.82. The van der Waals surface area contributed by atoms with Crippen molar-refractivity contribution in [3.8, 4) is 5.75 Å². The highest BCUT2D eigenvalue weighted by molar-refractivity contribution is 9.10. The van der Waals surface area contributed by atoms with Gasteiger partial charge in [0.15, 0.2) is 6.73 Å². The molecule has 0 saturated carbocycles. The molecular formula is C14H12BrClN2O2. The van der Waals surface area contributed by atoms with Crippen LogP contribution < -0.4 is 15.4 Å². The number of rotatable bonds is 4. The van der Waals surface area contributed by atoms with Gasteiger partial charge in [0, 0.05) is 15.2 Å². The van der Waals surface area contributed by atoms with Crippen LogP contribution in [-0.4, -0.2) is 12.8 Å². The van der Waals surface area contributed by atoms with E-state index in [2.05, 4.69) is 26.6 Å². The van der Waals surface area contributed by atoms with Crippen LogP contribution in [0.3, 0.4) is 0 Å². The molecule has 0 aliphatic rings. The highest BCUT2D eigenvalue weighted by Crippen LogP contribution is 2.15. The Labute approximate surface area is 130 Å². The van der Waals surface area contributed by atoms with Crippen molar-refractivity contribution in [1.29, 1.82) is 0 Å². The Morgan fingerprint density at radius 3 is 2.40 bits per heavy atom. The molecule has 104 valence electrons. The molecule has 2 N–H and O–H groups in total. The van der Waals surface area contributed by atoms with Crippen LogP contribution in [0.1, 0.15) is 0 Å². The van der Waals surface area contributed by atoms with Crippen LogP contribution in [0, 0.1) is 0 Å². The summed E-state index contributed by atoms with van der Waals surface area (Å²) in [5.41, 5.74) is 0.706. The van der Waals surface area contributed by atoms with Crippen molar-refractivity contribution in [3.05, 3.63) is 58.0 Å². The van der Waals surface area contributed by atoms with Gasteiger partial charge in [-0.15, -0.1) is 0 Å². The van der Waals surface area contributed by atoms with Gasteiger partial charge in [-0.2, -0.15) is 0 Å². The molecule has 20 heavy (non-hydrogen) atoms. The summed E-state index contributed by atoms with van der Waals surface area (Å²) in [6.45, 7) is 0.0734. The summed E-state index contributed by atoms with van der Waals surface area (Å²) in [6.07, 6.45) is 0. The highest BCUT2D eigenvalue weighted by Gasteiger charge is 2.01. The minimum Gasteiger partial charge on any atom is -0.473 e. The van der Waals surface area contributed by atoms with Crippen LogP contribution >= 0.6 is 27.5 Å². The second-order valence-corrected chi connectivity index (χ2v) is 5.23. The first-order chi connectivity index (χ1) is 9.63. The summed E-state index contributed by atoms with van der Waals surface area (Å²) in [5.74, 6) is 0.637. The molecule has 0 bridgehead atoms. The summed E-state index contributed by atoms with van der Waals surface area (Å²) >= 11 is 9.09. The van der Waals surface area contributed by atoms with Gasteiger partial charge in [0.2, 0.25) is 0 Å². The maximum absolute atomic E-state index is 11.6. The van der Waals surface area contributed by atoms with Crippen molar-refractivity contribution in [2.75, 3.05) is 12.0 Å². The molecular weight excluding hydrogens is 344 g/mol. The number of ether oxygens (including phenoxy) is 1. The Bertz CT molecular complexity index is 573. The lowest BCUT2D eigenvalue weighted by Gasteiger charge is -2.09. The van der Waals surface area contributed by atoms with Crippen molar-refractivity contribution in [2.45, 2.75) is 0 Å². The number of hydrogen-bond acceptors (Lipinski definition) is 2. The second kappa shape index (κ2) is 7.17. The number of anilines is 1. The first-order valence-corrected chi connectivity index (χ1v) is 6.99. The van der Waals surface area contributed by atoms with Gasteiger partial charge >= 0.3 is 6.03 Å². The average Bonchev–Trinajstić information content (AvgIpc) is 2.44. The third-order valence-corrected chi connectivity index (χ3v) is 3.17. The van der Waals surface area contributed by atoms with Crippen molar-refractivity contribution >= 4 is 39.2 Å². The Morgan fingerprint density at radius 1 is 1.10 bits per heavy atom. The molecule has 2 aromatic carbocycles. The molecule has 0 aliphatic heterocycles. The summed E-state index contributed by atoms with van der Waals surface area (Å²) in [5, 5.41) is 5.92. The van der Waals surface area contributed by atoms with Crippen molar-refractivity contribution < 1.29 is 9.53 Å². The maximum atomic E-state index is 11.6. The van der Waals surface area contributed by atoms with Crippen molar-refractivity contribution in [3.63, 3.8) is 0 Å². The van der Waals surface area contributed by atoms with E-state index in [-0.39, 0.29) is 12.8 Å². The van der Waals surface area contributed by atoms with Gasteiger partial charge in [0.25, 0.3) is 0 Å². The molecule has 0 aliphatic carbocycles. The molecule has 6 heteroatoms. The van der Waals surface area contributed by atoms with E-state index in [1.807, 2.05) is 12.1 Å². The fourth-order valence-electron chi connectivity index (χ4n) is 1.42. The fourth-order valence-corrected chi connectivity index (χ4v) is 1.81. The molecule has 0 saturated heterocycles. The zero-order chi connectivity index (χ0) is 14.4. The zero-order valence-electron chi connectivity index (χ0n) is 10.4. The van der Waals surface area contributed by atoms with Gasteiger partial charge in [-0.3, -0.25) is 0 Å². The number of hydrogen-bond donors (Lipinski definition) is 2. The molecule has 0 atom stereocenters. The normalized spacial score (nSPS) is 9.90. The number of halogens is 2. The predicted octanol–water partition coefficient (Wildman–Crippen LogP) is 4.26. The van der Waals surface area contributed by atoms with Crippen molar-refractivity contribution in [2.24, 2.45) is 0 Å². The molecule has 0 unspecified atom stereocenters. The van der Waals surface area contributed by atoms with E-state index in [0.29, 0.717) is 16.5 Å². The molecule has 2 aromatic rings. The van der Waals surface area contributed by atoms with Gasteiger partial charge < -0.3 is 15.4 Å². The highest BCUT2D eigenvalue weighted by atomic mass is 79.9. The smallest absolute Gasteiger partial charge is 0.321 e. The van der Waals surface area contributed by atoms with Crippen LogP contribution in [0.4, 0.5) is 10.5 Å². The molecule has 0 aromatic heterocycles. The van der Waals surface area contributed by atoms with E-state index in [4.69, 9.17) is 16.3 Å². The van der Waals surface area contributed by atoms with E-state index in [0.717, 1.165) is 4.47 Å². The summed E-state index contributed by atoms with van der Waals surface area (Å²) < 4.78 is 6.30. The lowest BCUT2D eigenvalue weighted by Crippen LogP contribution is -2.31. The minimum atomic E-state index is -0.332. The van der Waals surface area contributed by atoms with Gasteiger partial charge in [-0.05, 0) is 48.5 Å². The van der Waals surface area contributed by atoms with Crippen LogP contribution in [-0.2, 0) is 0 Å². The third kappa shape index (κ3) is 4.75. The van der Waals surface area contributed by atoms with Crippen LogP contribution in [0.5, 0.6) is 5.75 Å². The third-order valence-electron chi connectivity index (χ3n) is 2.39. The topological polar surface area (TPSA) is 50.4 Å². The Balaban J connectivity index is 1.75. The monoisotopic (exact) mass is 354 g/mol. The standard InChI is InChI=1S/C14H12BrClN2O2/c15-10-1-5-12(6-2-10)18-14(19)17-9-20-13-7-3-11(16)4-8-13/h1-8H,9H2,(H2,17,18,19). The Morgan fingerprint density at radius 2 is 1.75 bits per heavy atom. The van der Waals surface area contributed by atoms with Gasteiger partial charge in [-0.25, -0.2) is 4.79 Å². The number of benzene rings is 2. The molecule has 2 rings (SSSR count). The molecule has 4 nitrogen and oxygen atoms in total. The predicted molar refractivity (Wildman–Crippen MR) is 83.2 cm³/mol. The molecule has 0 heterocycles. The quantitative estimate of drug-likeness (QED) is 0.805. The number of urea groups is 1. The van der Waals surface area contributed by atoms with Gasteiger partial charge in [-0.1, -0.05) is 27.5 Å². The lowest BCUT2D eigenvalue weighted by atomic mass is 10.3. The maximum Gasteiger partial charge on any atom is 0.321 e. The van der Waals surface area contributed by atoms with E-state index in [9.17, 15) is 4.79 Å². The average molecular weight is 356 g/mol. The van der Waals surface area contributed by atoms with E-state index in [1.54, 1.807) is 36.4 Å². The summed E-state index contributed by atoms with van der Waals surface area (Å²) in [4.78, 5) is 11.6. The molecule has 0 fully saturated rings. The summed E-state index contributed by atoms with van der Waals surface area (Å²) in [7, 11) is 0. The number of amides is 2. The lowest BCUT2D eigenvalue weighted by molar-refractivity contribution is 0.234. The van der Waals surface area contributed by atoms with E-state index in [1.165, 1.54) is 0 Å². The Hall–Kier alpha value is -1.72. The van der Waals surface area contributed by atoms with E-state index >= 15 is 0 Å². The van der Waals surface area contributed by atoms with Gasteiger partial charge in [0.1, 0.15) is 5.75 Å². The van der Waals surface area contributed by atoms with Crippen LogP contribution in [0.15, 0.2) is 53.0 Å². The number of carbonyl (C=O) groups excluding carboxylic acids is 1. The van der Waals surface area contributed by atoms with Crippen LogP contribution in [0.2, 0.25) is 5.02 Å².